The summed E-state index contributed by atoms with van der Waals surface area (Å²) < 4.78 is 0. The number of aromatic nitrogens is 1. The third-order valence-corrected chi connectivity index (χ3v) is 6.54. The van der Waals surface area contributed by atoms with E-state index in [2.05, 4.69) is 32.6 Å². The molecule has 1 aliphatic heterocycles. The predicted octanol–water partition coefficient (Wildman–Crippen LogP) is 3.63. The summed E-state index contributed by atoms with van der Waals surface area (Å²) in [6.07, 6.45) is 0. The predicted molar refractivity (Wildman–Crippen MR) is 122 cm³/mol. The van der Waals surface area contributed by atoms with Gasteiger partial charge in [0.25, 0.3) is 0 Å². The second-order valence-corrected chi connectivity index (χ2v) is 8.56. The van der Waals surface area contributed by atoms with Crippen molar-refractivity contribution < 1.29 is 4.79 Å². The van der Waals surface area contributed by atoms with E-state index in [-0.39, 0.29) is 11.9 Å². The fourth-order valence-corrected chi connectivity index (χ4v) is 4.55. The number of piperazine rings is 1. The summed E-state index contributed by atoms with van der Waals surface area (Å²) >= 11 is 1.70. The topological polar surface area (TPSA) is 48.5 Å². The molecule has 4 rings (SSSR count). The van der Waals surface area contributed by atoms with Crippen LogP contribution in [0.4, 0.5) is 0 Å². The second kappa shape index (κ2) is 9.98. The summed E-state index contributed by atoms with van der Waals surface area (Å²) in [6.45, 7) is 7.15. The van der Waals surface area contributed by atoms with Gasteiger partial charge >= 0.3 is 0 Å². The maximum Gasteiger partial charge on any atom is 0.237 e. The molecule has 1 N–H and O–H groups in total. The van der Waals surface area contributed by atoms with Crippen molar-refractivity contribution in [3.05, 3.63) is 77.3 Å². The first-order chi connectivity index (χ1) is 14.7. The summed E-state index contributed by atoms with van der Waals surface area (Å²) in [7, 11) is 0. The number of carbonyl (C=O) groups is 1. The molecule has 30 heavy (non-hydrogen) atoms. The van der Waals surface area contributed by atoms with Crippen molar-refractivity contribution in [1.29, 1.82) is 0 Å². The summed E-state index contributed by atoms with van der Waals surface area (Å²) in [5, 5.41) is 6.30. The average Bonchev–Trinajstić information content (AvgIpc) is 3.27. The lowest BCUT2D eigenvalue weighted by molar-refractivity contribution is -0.126. The lowest BCUT2D eigenvalue weighted by atomic mass is 10.2. The minimum absolute atomic E-state index is 0.0966. The molecule has 2 aromatic carbocycles. The molecule has 6 heteroatoms. The number of hydrogen-bond acceptors (Lipinski definition) is 5. The van der Waals surface area contributed by atoms with E-state index in [1.807, 2.05) is 55.5 Å². The number of nitrogens with one attached hydrogen (secondary N) is 1. The normalized spacial score (nSPS) is 16.3. The lowest BCUT2D eigenvalue weighted by Crippen LogP contribution is -2.53. The standard InChI is InChI=1S/C24H28N4OS/c1-19(23(29)25-16-20-8-4-2-5-9-20)28-14-12-27(13-15-28)17-22-18-30-24(26-22)21-10-6-3-7-11-21/h2-11,18-19H,12-17H2,1H3,(H,25,29). The summed E-state index contributed by atoms with van der Waals surface area (Å²) in [4.78, 5) is 22.1. The third kappa shape index (κ3) is 5.33. The van der Waals surface area contributed by atoms with Gasteiger partial charge in [-0.2, -0.15) is 0 Å². The molecule has 1 aromatic heterocycles. The van der Waals surface area contributed by atoms with Gasteiger partial charge in [-0.15, -0.1) is 11.3 Å². The van der Waals surface area contributed by atoms with Gasteiger partial charge in [-0.25, -0.2) is 4.98 Å². The van der Waals surface area contributed by atoms with Crippen LogP contribution in [0.2, 0.25) is 0 Å². The Labute approximate surface area is 182 Å². The molecule has 1 aliphatic rings. The average molecular weight is 421 g/mol. The van der Waals surface area contributed by atoms with Crippen LogP contribution in [0, 0.1) is 0 Å². The molecule has 1 atom stereocenters. The van der Waals surface area contributed by atoms with Gasteiger partial charge in [-0.05, 0) is 12.5 Å². The largest absolute Gasteiger partial charge is 0.351 e. The van der Waals surface area contributed by atoms with Crippen LogP contribution in [0.3, 0.4) is 0 Å². The number of carbonyl (C=O) groups excluding carboxylic acids is 1. The van der Waals surface area contributed by atoms with Crippen molar-refractivity contribution in [2.45, 2.75) is 26.1 Å². The van der Waals surface area contributed by atoms with Crippen LogP contribution in [0.25, 0.3) is 10.6 Å². The van der Waals surface area contributed by atoms with Crippen LogP contribution in [0.1, 0.15) is 18.2 Å². The minimum Gasteiger partial charge on any atom is -0.351 e. The van der Waals surface area contributed by atoms with Gasteiger partial charge in [0.2, 0.25) is 5.91 Å². The fraction of sp³-hybridized carbons (Fsp3) is 0.333. The van der Waals surface area contributed by atoms with Crippen molar-refractivity contribution in [3.8, 4) is 10.6 Å². The zero-order valence-electron chi connectivity index (χ0n) is 17.3. The van der Waals surface area contributed by atoms with E-state index in [9.17, 15) is 4.79 Å². The van der Waals surface area contributed by atoms with Gasteiger partial charge in [-0.3, -0.25) is 14.6 Å². The van der Waals surface area contributed by atoms with Gasteiger partial charge in [0.15, 0.2) is 0 Å². The SMILES string of the molecule is CC(C(=O)NCc1ccccc1)N1CCN(Cc2csc(-c3ccccc3)n2)CC1. The Bertz CT molecular complexity index is 936. The maximum atomic E-state index is 12.6. The molecule has 1 saturated heterocycles. The molecule has 1 fully saturated rings. The molecule has 3 aromatic rings. The van der Waals surface area contributed by atoms with Crippen molar-refractivity contribution >= 4 is 17.2 Å². The first-order valence-electron chi connectivity index (χ1n) is 10.5. The monoisotopic (exact) mass is 420 g/mol. The minimum atomic E-state index is -0.111. The Hall–Kier alpha value is -2.54. The Morgan fingerprint density at radius 2 is 1.70 bits per heavy atom. The van der Waals surface area contributed by atoms with E-state index >= 15 is 0 Å². The van der Waals surface area contributed by atoms with Crippen molar-refractivity contribution in [1.82, 2.24) is 20.1 Å². The Morgan fingerprint density at radius 1 is 1.03 bits per heavy atom. The first kappa shape index (κ1) is 20.7. The Kier molecular flexibility index (Phi) is 6.89. The van der Waals surface area contributed by atoms with Crippen LogP contribution in [-0.4, -0.2) is 52.9 Å². The highest BCUT2D eigenvalue weighted by Gasteiger charge is 2.25. The number of hydrogen-bond donors (Lipinski definition) is 1. The van der Waals surface area contributed by atoms with Gasteiger partial charge in [-0.1, -0.05) is 60.7 Å². The lowest BCUT2D eigenvalue weighted by Gasteiger charge is -2.37. The molecule has 1 amide bonds. The molecule has 5 nitrogen and oxygen atoms in total. The van der Waals surface area contributed by atoms with Crippen molar-refractivity contribution in [2.75, 3.05) is 26.2 Å². The second-order valence-electron chi connectivity index (χ2n) is 7.70. The molecule has 0 bridgehead atoms. The van der Waals surface area contributed by atoms with E-state index in [1.54, 1.807) is 11.3 Å². The molecular weight excluding hydrogens is 392 g/mol. The Balaban J connectivity index is 1.23. The number of amides is 1. The smallest absolute Gasteiger partial charge is 0.237 e. The number of benzene rings is 2. The highest BCUT2D eigenvalue weighted by atomic mass is 32.1. The van der Waals surface area contributed by atoms with Gasteiger partial charge in [0.05, 0.1) is 11.7 Å². The quantitative estimate of drug-likeness (QED) is 0.634. The van der Waals surface area contributed by atoms with Gasteiger partial charge < -0.3 is 5.32 Å². The molecule has 156 valence electrons. The Morgan fingerprint density at radius 3 is 2.40 bits per heavy atom. The van der Waals surface area contributed by atoms with E-state index in [1.165, 1.54) is 5.56 Å². The number of thiazole rings is 1. The van der Waals surface area contributed by atoms with Crippen molar-refractivity contribution in [2.24, 2.45) is 0 Å². The molecule has 0 saturated carbocycles. The van der Waals surface area contributed by atoms with Gasteiger partial charge in [0, 0.05) is 50.2 Å². The summed E-state index contributed by atoms with van der Waals surface area (Å²) in [5.74, 6) is 0.0966. The van der Waals surface area contributed by atoms with Crippen LogP contribution < -0.4 is 5.32 Å². The van der Waals surface area contributed by atoms with Crippen LogP contribution in [-0.2, 0) is 17.9 Å². The van der Waals surface area contributed by atoms with E-state index in [4.69, 9.17) is 4.98 Å². The molecule has 2 heterocycles. The highest BCUT2D eigenvalue weighted by molar-refractivity contribution is 7.13. The molecule has 0 radical (unpaired) electrons. The fourth-order valence-electron chi connectivity index (χ4n) is 3.73. The van der Waals surface area contributed by atoms with Crippen LogP contribution in [0.15, 0.2) is 66.0 Å². The molecule has 0 aliphatic carbocycles. The van der Waals surface area contributed by atoms with Crippen LogP contribution >= 0.6 is 11.3 Å². The van der Waals surface area contributed by atoms with Crippen LogP contribution in [0.5, 0.6) is 0 Å². The van der Waals surface area contributed by atoms with E-state index in [0.717, 1.165) is 49.0 Å². The molecular formula is C24H28N4OS. The molecule has 1 unspecified atom stereocenters. The van der Waals surface area contributed by atoms with E-state index < -0.39 is 0 Å². The van der Waals surface area contributed by atoms with Gasteiger partial charge in [0.1, 0.15) is 5.01 Å². The number of rotatable bonds is 7. The summed E-state index contributed by atoms with van der Waals surface area (Å²) in [6, 6.07) is 20.3. The zero-order valence-corrected chi connectivity index (χ0v) is 18.1. The third-order valence-electron chi connectivity index (χ3n) is 5.60. The summed E-state index contributed by atoms with van der Waals surface area (Å²) in [5.41, 5.74) is 3.43. The zero-order chi connectivity index (χ0) is 20.8. The first-order valence-corrected chi connectivity index (χ1v) is 11.3. The molecule has 0 spiro atoms. The van der Waals surface area contributed by atoms with E-state index in [0.29, 0.717) is 6.54 Å². The highest BCUT2D eigenvalue weighted by Crippen LogP contribution is 2.24. The van der Waals surface area contributed by atoms with Crippen molar-refractivity contribution in [3.63, 3.8) is 0 Å². The maximum absolute atomic E-state index is 12.6. The number of nitrogens with zero attached hydrogens (tertiary/aromatic N) is 3.